The van der Waals surface area contributed by atoms with Crippen LogP contribution in [0, 0.1) is 0 Å². The minimum atomic E-state index is -0.391. The van der Waals surface area contributed by atoms with Gasteiger partial charge in [0.25, 0.3) is 0 Å². The van der Waals surface area contributed by atoms with Crippen LogP contribution < -0.4 is 5.32 Å². The number of hydrogen-bond donors (Lipinski definition) is 1. The summed E-state index contributed by atoms with van der Waals surface area (Å²) in [6.07, 6.45) is 0.496. The molecule has 1 N–H and O–H groups in total. The molecule has 1 heterocycles. The molecule has 1 aliphatic rings. The first kappa shape index (κ1) is 12.3. The Bertz CT molecular complexity index is 190. The topological polar surface area (TPSA) is 56.8 Å². The van der Waals surface area contributed by atoms with E-state index in [0.29, 0.717) is 26.4 Å². The van der Waals surface area contributed by atoms with Crippen LogP contribution in [0.15, 0.2) is 0 Å². The maximum absolute atomic E-state index is 11.2. The van der Waals surface area contributed by atoms with Gasteiger partial charge in [0.15, 0.2) is 0 Å². The number of alkyl carbamates (subject to hydrolysis) is 1. The molecule has 1 rings (SSSR count). The number of ether oxygens (including phenoxy) is 3. The first-order chi connectivity index (χ1) is 7.18. The second kappa shape index (κ2) is 6.63. The van der Waals surface area contributed by atoms with Crippen LogP contribution in [0.2, 0.25) is 0 Å². The largest absolute Gasteiger partial charge is 0.444 e. The summed E-state index contributed by atoms with van der Waals surface area (Å²) in [5.74, 6) is 0. The zero-order valence-electron chi connectivity index (χ0n) is 9.32. The Labute approximate surface area is 90.1 Å². The van der Waals surface area contributed by atoms with Gasteiger partial charge >= 0.3 is 6.09 Å². The second-order valence-corrected chi connectivity index (χ2v) is 3.74. The van der Waals surface area contributed by atoms with Crippen molar-refractivity contribution < 1.29 is 19.0 Å². The lowest BCUT2D eigenvalue weighted by Gasteiger charge is -2.12. The summed E-state index contributed by atoms with van der Waals surface area (Å²) in [5.41, 5.74) is 0. The van der Waals surface area contributed by atoms with E-state index in [9.17, 15) is 4.79 Å². The Morgan fingerprint density at radius 2 is 2.40 bits per heavy atom. The van der Waals surface area contributed by atoms with E-state index in [1.54, 1.807) is 0 Å². The molecule has 5 nitrogen and oxygen atoms in total. The standard InChI is InChI=1S/C10H19NO4/c1-8(2)14-6-4-11-10(12)15-9-3-5-13-7-9/h8-9H,3-7H2,1-2H3,(H,11,12)/t9-/m1/s1. The molecule has 1 saturated heterocycles. The van der Waals surface area contributed by atoms with E-state index < -0.39 is 6.09 Å². The normalized spacial score (nSPS) is 20.6. The number of nitrogens with one attached hydrogen (secondary N) is 1. The molecule has 0 aliphatic carbocycles. The molecule has 0 aromatic heterocycles. The molecule has 0 aromatic carbocycles. The predicted molar refractivity (Wildman–Crippen MR) is 54.8 cm³/mol. The number of hydrogen-bond acceptors (Lipinski definition) is 4. The molecule has 0 bridgehead atoms. The number of carbonyl (C=O) groups is 1. The van der Waals surface area contributed by atoms with Crippen LogP contribution in [0.3, 0.4) is 0 Å². The molecule has 0 saturated carbocycles. The van der Waals surface area contributed by atoms with Crippen LogP contribution in [-0.2, 0) is 14.2 Å². The summed E-state index contributed by atoms with van der Waals surface area (Å²) >= 11 is 0. The molecule has 1 amide bonds. The molecule has 15 heavy (non-hydrogen) atoms. The van der Waals surface area contributed by atoms with Gasteiger partial charge in [0.05, 0.1) is 25.9 Å². The maximum atomic E-state index is 11.2. The number of amides is 1. The van der Waals surface area contributed by atoms with Gasteiger partial charge < -0.3 is 19.5 Å². The Kier molecular flexibility index (Phi) is 5.42. The Morgan fingerprint density at radius 3 is 3.00 bits per heavy atom. The van der Waals surface area contributed by atoms with Gasteiger partial charge in [-0.15, -0.1) is 0 Å². The monoisotopic (exact) mass is 217 g/mol. The molecule has 88 valence electrons. The smallest absolute Gasteiger partial charge is 0.407 e. The van der Waals surface area contributed by atoms with E-state index in [1.807, 2.05) is 13.8 Å². The summed E-state index contributed by atoms with van der Waals surface area (Å²) < 4.78 is 15.4. The third-order valence-electron chi connectivity index (χ3n) is 1.98. The molecular weight excluding hydrogens is 198 g/mol. The SMILES string of the molecule is CC(C)OCCNC(=O)O[C@@H]1CCOC1. The van der Waals surface area contributed by atoms with Gasteiger partial charge in [0.1, 0.15) is 6.10 Å². The summed E-state index contributed by atoms with van der Waals surface area (Å²) in [7, 11) is 0. The first-order valence-corrected chi connectivity index (χ1v) is 5.32. The van der Waals surface area contributed by atoms with Crippen LogP contribution in [-0.4, -0.2) is 44.7 Å². The third-order valence-corrected chi connectivity index (χ3v) is 1.98. The van der Waals surface area contributed by atoms with Gasteiger partial charge in [-0.25, -0.2) is 4.79 Å². The van der Waals surface area contributed by atoms with Crippen LogP contribution in [0.25, 0.3) is 0 Å². The maximum Gasteiger partial charge on any atom is 0.407 e. The van der Waals surface area contributed by atoms with E-state index in [1.165, 1.54) is 0 Å². The van der Waals surface area contributed by atoms with E-state index in [0.717, 1.165) is 6.42 Å². The summed E-state index contributed by atoms with van der Waals surface area (Å²) in [5, 5.41) is 2.62. The van der Waals surface area contributed by atoms with Crippen molar-refractivity contribution in [2.45, 2.75) is 32.5 Å². The van der Waals surface area contributed by atoms with Crippen molar-refractivity contribution in [3.63, 3.8) is 0 Å². The average molecular weight is 217 g/mol. The minimum absolute atomic E-state index is 0.0870. The molecule has 1 atom stereocenters. The van der Waals surface area contributed by atoms with Gasteiger partial charge in [0.2, 0.25) is 0 Å². The average Bonchev–Trinajstić information content (AvgIpc) is 2.64. The lowest BCUT2D eigenvalue weighted by Crippen LogP contribution is -2.32. The minimum Gasteiger partial charge on any atom is -0.444 e. The zero-order valence-corrected chi connectivity index (χ0v) is 9.32. The number of carbonyl (C=O) groups excluding carboxylic acids is 1. The van der Waals surface area contributed by atoms with Gasteiger partial charge in [-0.2, -0.15) is 0 Å². The lowest BCUT2D eigenvalue weighted by atomic mass is 10.3. The first-order valence-electron chi connectivity index (χ1n) is 5.32. The van der Waals surface area contributed by atoms with Crippen LogP contribution in [0.5, 0.6) is 0 Å². The van der Waals surface area contributed by atoms with Gasteiger partial charge in [-0.1, -0.05) is 0 Å². The summed E-state index contributed by atoms with van der Waals surface area (Å²) in [4.78, 5) is 11.2. The fraction of sp³-hybridized carbons (Fsp3) is 0.900. The van der Waals surface area contributed by atoms with Gasteiger partial charge in [-0.05, 0) is 13.8 Å². The molecule has 1 fully saturated rings. The lowest BCUT2D eigenvalue weighted by molar-refractivity contribution is 0.0671. The number of rotatable bonds is 5. The van der Waals surface area contributed by atoms with Crippen molar-refractivity contribution in [2.24, 2.45) is 0 Å². The Morgan fingerprint density at radius 1 is 1.60 bits per heavy atom. The highest BCUT2D eigenvalue weighted by Crippen LogP contribution is 2.07. The Hall–Kier alpha value is -0.810. The van der Waals surface area contributed by atoms with E-state index in [4.69, 9.17) is 14.2 Å². The van der Waals surface area contributed by atoms with Crippen molar-refractivity contribution in [1.29, 1.82) is 0 Å². The zero-order chi connectivity index (χ0) is 11.1. The highest BCUT2D eigenvalue weighted by molar-refractivity contribution is 5.67. The second-order valence-electron chi connectivity index (χ2n) is 3.74. The molecule has 0 radical (unpaired) electrons. The van der Waals surface area contributed by atoms with Crippen molar-refractivity contribution in [3.8, 4) is 0 Å². The summed E-state index contributed by atoms with van der Waals surface area (Å²) in [6.45, 7) is 6.07. The van der Waals surface area contributed by atoms with Crippen LogP contribution >= 0.6 is 0 Å². The Balaban J connectivity index is 1.98. The predicted octanol–water partition coefficient (Wildman–Crippen LogP) is 0.926. The van der Waals surface area contributed by atoms with Crippen molar-refractivity contribution in [2.75, 3.05) is 26.4 Å². The van der Waals surface area contributed by atoms with E-state index in [2.05, 4.69) is 5.32 Å². The van der Waals surface area contributed by atoms with Crippen LogP contribution in [0.4, 0.5) is 4.79 Å². The third kappa shape index (κ3) is 5.59. The van der Waals surface area contributed by atoms with E-state index in [-0.39, 0.29) is 12.2 Å². The molecule has 5 heteroatoms. The van der Waals surface area contributed by atoms with Crippen LogP contribution in [0.1, 0.15) is 20.3 Å². The highest BCUT2D eigenvalue weighted by Gasteiger charge is 2.19. The van der Waals surface area contributed by atoms with Crippen molar-refractivity contribution in [3.05, 3.63) is 0 Å². The van der Waals surface area contributed by atoms with Crippen molar-refractivity contribution >= 4 is 6.09 Å². The van der Waals surface area contributed by atoms with Crippen molar-refractivity contribution in [1.82, 2.24) is 5.32 Å². The van der Waals surface area contributed by atoms with Gasteiger partial charge in [0, 0.05) is 13.0 Å². The van der Waals surface area contributed by atoms with Gasteiger partial charge in [-0.3, -0.25) is 0 Å². The fourth-order valence-electron chi connectivity index (χ4n) is 1.25. The fourth-order valence-corrected chi connectivity index (χ4v) is 1.25. The molecule has 0 spiro atoms. The molecule has 1 aliphatic heterocycles. The highest BCUT2D eigenvalue weighted by atomic mass is 16.6. The summed E-state index contributed by atoms with van der Waals surface area (Å²) in [6, 6.07) is 0. The molecule has 0 unspecified atom stereocenters. The molecule has 0 aromatic rings. The van der Waals surface area contributed by atoms with E-state index >= 15 is 0 Å². The quantitative estimate of drug-likeness (QED) is 0.696. The molecular formula is C10H19NO4.